The summed E-state index contributed by atoms with van der Waals surface area (Å²) in [5.41, 5.74) is -3.00. The molecule has 0 saturated carbocycles. The molecule has 17 atom stereocenters. The minimum absolute atomic E-state index is 0.0682. The number of aliphatic hydroxyl groups is 3. The van der Waals surface area contributed by atoms with Crippen LogP contribution in [0.2, 0.25) is 0 Å². The largest absolute Gasteiger partial charge is 0.459 e. The Balaban J connectivity index is 2.16. The van der Waals surface area contributed by atoms with Crippen molar-refractivity contribution < 1.29 is 53.3 Å². The van der Waals surface area contributed by atoms with Crippen LogP contribution < -0.4 is 0 Å². The summed E-state index contributed by atoms with van der Waals surface area (Å²) in [6, 6.07) is 0.212. The molecule has 286 valence electrons. The number of methoxy groups -OCH3 is 1. The molecule has 0 spiro atoms. The number of hydrogen-bond donors (Lipinski definition) is 3. The predicted molar refractivity (Wildman–Crippen MR) is 183 cm³/mol. The molecule has 3 fully saturated rings. The summed E-state index contributed by atoms with van der Waals surface area (Å²) in [4.78, 5) is 30.1. The van der Waals surface area contributed by atoms with E-state index in [-0.39, 0.29) is 36.7 Å². The first-order valence-electron chi connectivity index (χ1n) is 18.3. The molecule has 0 aromatic rings. The molecule has 3 aliphatic rings. The van der Waals surface area contributed by atoms with Gasteiger partial charge in [-0.15, -0.1) is 0 Å². The van der Waals surface area contributed by atoms with E-state index in [9.17, 15) is 24.9 Å². The van der Waals surface area contributed by atoms with Gasteiger partial charge in [0.1, 0.15) is 17.5 Å². The third-order valence-corrected chi connectivity index (χ3v) is 11.7. The molecule has 12 heteroatoms. The molecule has 0 radical (unpaired) electrons. The van der Waals surface area contributed by atoms with Crippen molar-refractivity contribution in [3.05, 3.63) is 0 Å². The Bertz CT molecular complexity index is 1080. The highest BCUT2D eigenvalue weighted by atomic mass is 16.7. The molecular weight excluding hydrogens is 634 g/mol. The van der Waals surface area contributed by atoms with E-state index in [2.05, 4.69) is 4.90 Å². The molecule has 0 amide bonds. The first-order valence-corrected chi connectivity index (χ1v) is 18.3. The van der Waals surface area contributed by atoms with Crippen LogP contribution in [0.4, 0.5) is 0 Å². The van der Waals surface area contributed by atoms with Crippen molar-refractivity contribution in [3.8, 4) is 0 Å². The van der Waals surface area contributed by atoms with E-state index in [1.807, 2.05) is 41.8 Å². The van der Waals surface area contributed by atoms with Gasteiger partial charge < -0.3 is 48.6 Å². The van der Waals surface area contributed by atoms with Gasteiger partial charge in [-0.2, -0.15) is 0 Å². The summed E-state index contributed by atoms with van der Waals surface area (Å²) in [5, 5.41) is 33.6. The summed E-state index contributed by atoms with van der Waals surface area (Å²) in [6.45, 7) is 17.8. The Kier molecular flexibility index (Phi) is 14.7. The predicted octanol–water partition coefficient (Wildman–Crippen LogP) is 3.70. The zero-order chi connectivity index (χ0) is 37.2. The average molecular weight is 702 g/mol. The summed E-state index contributed by atoms with van der Waals surface area (Å²) >= 11 is 0. The van der Waals surface area contributed by atoms with Crippen molar-refractivity contribution in [1.82, 2.24) is 4.90 Å². The lowest BCUT2D eigenvalue weighted by atomic mass is 9.74. The normalized spacial score (nSPS) is 48.2. The van der Waals surface area contributed by atoms with E-state index in [0.29, 0.717) is 12.8 Å². The Morgan fingerprint density at radius 1 is 0.898 bits per heavy atom. The molecule has 0 aromatic carbocycles. The molecule has 0 unspecified atom stereocenters. The van der Waals surface area contributed by atoms with E-state index in [1.54, 1.807) is 41.7 Å². The van der Waals surface area contributed by atoms with E-state index < -0.39 is 90.0 Å². The maximum atomic E-state index is 14.1. The van der Waals surface area contributed by atoms with Crippen molar-refractivity contribution in [2.24, 2.45) is 29.6 Å². The Labute approximate surface area is 294 Å². The number of Topliss-reactive ketones (excluding diaryl/α,β-unsaturated/α-hetero) is 1. The fourth-order valence-electron chi connectivity index (χ4n) is 8.30. The monoisotopic (exact) mass is 701 g/mol. The number of ketones is 1. The Morgan fingerprint density at radius 2 is 1.51 bits per heavy atom. The molecule has 12 nitrogen and oxygen atoms in total. The van der Waals surface area contributed by atoms with Crippen molar-refractivity contribution in [3.63, 3.8) is 0 Å². The van der Waals surface area contributed by atoms with Crippen molar-refractivity contribution in [2.75, 3.05) is 21.2 Å². The third kappa shape index (κ3) is 9.61. The van der Waals surface area contributed by atoms with Crippen LogP contribution in [0, 0.1) is 29.6 Å². The van der Waals surface area contributed by atoms with Crippen LogP contribution in [0.5, 0.6) is 0 Å². The SMILES string of the molecule is CC[C@H]1OC(=O)[C@H](C)[C@@H](O[C@H]2C[C@H](C)[C@@H](O)[C@H](C)O2)[C@H](C)[C@@H](O[C@H]2C[C@@H](N(C)C)C[C@@H](C)O2)[C@@](C)(OC)C[C@@H](C)C(=O)[C@H](C)[C@@H](O)[C@]1(C)O. The lowest BCUT2D eigenvalue weighted by molar-refractivity contribution is -0.292. The van der Waals surface area contributed by atoms with E-state index in [1.165, 1.54) is 6.92 Å². The first kappa shape index (κ1) is 42.2. The van der Waals surface area contributed by atoms with Gasteiger partial charge in [0.15, 0.2) is 12.6 Å². The van der Waals surface area contributed by atoms with Crippen LogP contribution in [-0.2, 0) is 38.0 Å². The van der Waals surface area contributed by atoms with Gasteiger partial charge in [0.25, 0.3) is 0 Å². The minimum atomic E-state index is -1.91. The molecule has 3 saturated heterocycles. The first-order chi connectivity index (χ1) is 22.7. The number of ether oxygens (including phenoxy) is 6. The standard InChI is InChI=1S/C37H67NO11/c1-14-27-37(10,43)33(41)22(5)30(39)20(3)18-36(9,44-13)34(49-29-17-26(38(11)12)16-21(4)45-29)23(6)32(24(7)35(42)47-27)48-28-15-19(2)31(40)25(8)46-28/h19-29,31-34,40-41,43H,14-18H2,1-13H3/t19-,20+,21+,22-,23-,24+,25-,26-,27+,28-,29-,31+,32-,33+,34+,36-,37+/m0/s1. The minimum Gasteiger partial charge on any atom is -0.459 e. The van der Waals surface area contributed by atoms with Crippen molar-refractivity contribution in [1.29, 1.82) is 0 Å². The van der Waals surface area contributed by atoms with Gasteiger partial charge in [-0.05, 0) is 73.9 Å². The highest BCUT2D eigenvalue weighted by molar-refractivity contribution is 5.83. The molecule has 0 bridgehead atoms. The average Bonchev–Trinajstić information content (AvgIpc) is 3.04. The fraction of sp³-hybridized carbons (Fsp3) is 0.946. The van der Waals surface area contributed by atoms with E-state index in [0.717, 1.165) is 6.42 Å². The summed E-state index contributed by atoms with van der Waals surface area (Å²) in [5.74, 6) is -3.99. The number of nitrogens with zero attached hydrogens (tertiary/aromatic N) is 1. The Morgan fingerprint density at radius 3 is 2.06 bits per heavy atom. The number of rotatable bonds is 7. The van der Waals surface area contributed by atoms with Gasteiger partial charge in [0, 0.05) is 43.7 Å². The van der Waals surface area contributed by atoms with Crippen LogP contribution in [-0.4, -0.2) is 126 Å². The number of aliphatic hydroxyl groups excluding tert-OH is 2. The lowest BCUT2D eigenvalue weighted by Gasteiger charge is -2.48. The highest BCUT2D eigenvalue weighted by Gasteiger charge is 2.52. The van der Waals surface area contributed by atoms with Gasteiger partial charge in [-0.1, -0.05) is 34.6 Å². The number of carbonyl (C=O) groups is 2. The second-order valence-corrected chi connectivity index (χ2v) is 16.1. The molecule has 49 heavy (non-hydrogen) atoms. The van der Waals surface area contributed by atoms with Gasteiger partial charge in [0.05, 0.1) is 48.1 Å². The summed E-state index contributed by atoms with van der Waals surface area (Å²) < 4.78 is 38.4. The van der Waals surface area contributed by atoms with Crippen LogP contribution in [0.25, 0.3) is 0 Å². The molecular formula is C37H67NO11. The second kappa shape index (κ2) is 17.1. The second-order valence-electron chi connectivity index (χ2n) is 16.1. The quantitative estimate of drug-likeness (QED) is 0.332. The number of esters is 1. The smallest absolute Gasteiger partial charge is 0.311 e. The van der Waals surface area contributed by atoms with Crippen molar-refractivity contribution >= 4 is 11.8 Å². The molecule has 3 N–H and O–H groups in total. The maximum Gasteiger partial charge on any atom is 0.311 e. The van der Waals surface area contributed by atoms with Crippen LogP contribution in [0.15, 0.2) is 0 Å². The fourth-order valence-corrected chi connectivity index (χ4v) is 8.30. The lowest BCUT2D eigenvalue weighted by Crippen LogP contribution is -2.59. The molecule has 0 aromatic heterocycles. The summed E-state index contributed by atoms with van der Waals surface area (Å²) in [6.07, 6.45) is -4.48. The molecule has 0 aliphatic carbocycles. The van der Waals surface area contributed by atoms with Crippen LogP contribution in [0.1, 0.15) is 101 Å². The topological polar surface area (TPSA) is 153 Å². The zero-order valence-electron chi connectivity index (χ0n) is 32.3. The number of hydrogen-bond acceptors (Lipinski definition) is 12. The maximum absolute atomic E-state index is 14.1. The molecule has 3 aliphatic heterocycles. The molecule has 3 rings (SSSR count). The van der Waals surface area contributed by atoms with Gasteiger partial charge in [0.2, 0.25) is 0 Å². The number of cyclic esters (lactones) is 1. The van der Waals surface area contributed by atoms with E-state index in [4.69, 9.17) is 28.4 Å². The van der Waals surface area contributed by atoms with Crippen LogP contribution in [0.3, 0.4) is 0 Å². The van der Waals surface area contributed by atoms with Gasteiger partial charge >= 0.3 is 5.97 Å². The van der Waals surface area contributed by atoms with Gasteiger partial charge in [-0.3, -0.25) is 9.59 Å². The molecule has 3 heterocycles. The third-order valence-electron chi connectivity index (χ3n) is 11.7. The summed E-state index contributed by atoms with van der Waals surface area (Å²) in [7, 11) is 5.65. The number of carbonyl (C=O) groups excluding carboxylic acids is 2. The Hall–Kier alpha value is -1.22. The van der Waals surface area contributed by atoms with Crippen molar-refractivity contribution in [2.45, 2.75) is 174 Å². The van der Waals surface area contributed by atoms with Crippen LogP contribution >= 0.6 is 0 Å². The highest BCUT2D eigenvalue weighted by Crippen LogP contribution is 2.41. The van der Waals surface area contributed by atoms with Gasteiger partial charge in [-0.25, -0.2) is 0 Å². The zero-order valence-corrected chi connectivity index (χ0v) is 32.3. The van der Waals surface area contributed by atoms with E-state index >= 15 is 0 Å².